The summed E-state index contributed by atoms with van der Waals surface area (Å²) in [7, 11) is 1.47. The van der Waals surface area contributed by atoms with Gasteiger partial charge in [0.25, 0.3) is 0 Å². The molecule has 2 heterocycles. The summed E-state index contributed by atoms with van der Waals surface area (Å²) in [6.45, 7) is 0. The van der Waals surface area contributed by atoms with Crippen LogP contribution in [0.25, 0.3) is 21.7 Å². The second-order valence-corrected chi connectivity index (χ2v) is 7.14. The van der Waals surface area contributed by atoms with Gasteiger partial charge in [-0.15, -0.1) is 0 Å². The fraction of sp³-hybridized carbons (Fsp3) is 0.174. The predicted octanol–water partition coefficient (Wildman–Crippen LogP) is 3.07. The van der Waals surface area contributed by atoms with Gasteiger partial charge in [-0.05, 0) is 22.4 Å². The Balaban J connectivity index is 1.75. The van der Waals surface area contributed by atoms with Crippen molar-refractivity contribution in [3.05, 3.63) is 83.6 Å². The van der Waals surface area contributed by atoms with Gasteiger partial charge in [-0.1, -0.05) is 60.7 Å². The summed E-state index contributed by atoms with van der Waals surface area (Å²) in [6.07, 6.45) is 0.674. The lowest BCUT2D eigenvalue weighted by molar-refractivity contribution is -0.712. The molecule has 0 amide bonds. The van der Waals surface area contributed by atoms with Crippen molar-refractivity contribution in [2.24, 2.45) is 0 Å². The third kappa shape index (κ3) is 2.53. The highest BCUT2D eigenvalue weighted by atomic mass is 16.5. The molecule has 0 bridgehead atoms. The van der Waals surface area contributed by atoms with Crippen LogP contribution < -0.4 is 5.32 Å². The number of hydrogen-bond donors (Lipinski definition) is 2. The van der Waals surface area contributed by atoms with E-state index < -0.39 is 0 Å². The Hall–Kier alpha value is -3.11. The van der Waals surface area contributed by atoms with Gasteiger partial charge in [0.15, 0.2) is 12.1 Å². The molecule has 2 atom stereocenters. The molecule has 0 spiro atoms. The smallest absolute Gasteiger partial charge is 0.364 e. The Morgan fingerprint density at radius 3 is 2.59 bits per heavy atom. The number of rotatable bonds is 2. The van der Waals surface area contributed by atoms with Gasteiger partial charge in [-0.3, -0.25) is 0 Å². The maximum atomic E-state index is 12.4. The highest BCUT2D eigenvalue weighted by Crippen LogP contribution is 2.34. The van der Waals surface area contributed by atoms with E-state index in [0.717, 1.165) is 5.52 Å². The number of benzene rings is 3. The maximum absolute atomic E-state index is 12.4. The average molecular weight is 357 g/mol. The van der Waals surface area contributed by atoms with E-state index >= 15 is 0 Å². The number of esters is 1. The van der Waals surface area contributed by atoms with E-state index in [1.807, 2.05) is 6.07 Å². The number of quaternary nitrogens is 1. The topological polar surface area (TPSA) is 58.7 Å². The van der Waals surface area contributed by atoms with Crippen molar-refractivity contribution >= 4 is 27.6 Å². The Bertz CT molecular complexity index is 1160. The minimum Gasteiger partial charge on any atom is -0.465 e. The molecule has 1 aromatic heterocycles. The van der Waals surface area contributed by atoms with E-state index in [2.05, 4.69) is 71.0 Å². The predicted molar refractivity (Wildman–Crippen MR) is 106 cm³/mol. The quantitative estimate of drug-likeness (QED) is 0.542. The van der Waals surface area contributed by atoms with Gasteiger partial charge in [-0.2, -0.15) is 0 Å². The number of aromatic amines is 1. The molecule has 1 aliphatic rings. The Morgan fingerprint density at radius 2 is 1.74 bits per heavy atom. The summed E-state index contributed by atoms with van der Waals surface area (Å²) in [5.74, 6) is -0.170. The van der Waals surface area contributed by atoms with Gasteiger partial charge < -0.3 is 15.0 Å². The normalized spacial score (nSPS) is 19.1. The standard InChI is InChI=1S/C23H20N2O2/c1-27-23(26)20-13-18-16-10-4-5-12-19(16)24-22(18)21(25-20)17-11-6-8-14-7-2-3-9-15(14)17/h2-12,20-21,24-25H,13H2,1H3/p+1/t20-,21+/m0/s1. The lowest BCUT2D eigenvalue weighted by Gasteiger charge is -2.27. The van der Waals surface area contributed by atoms with Gasteiger partial charge >= 0.3 is 5.97 Å². The van der Waals surface area contributed by atoms with E-state index in [9.17, 15) is 4.79 Å². The highest BCUT2D eigenvalue weighted by Gasteiger charge is 2.38. The SMILES string of the molecule is COC(=O)[C@@H]1Cc2c([nH]c3ccccc23)[C@@H](c2cccc3ccccc23)[NH2+]1. The zero-order chi connectivity index (χ0) is 18.4. The molecule has 134 valence electrons. The summed E-state index contributed by atoms with van der Waals surface area (Å²) in [4.78, 5) is 16.0. The maximum Gasteiger partial charge on any atom is 0.364 e. The number of carbonyl (C=O) groups is 1. The Labute approximate surface area is 157 Å². The molecule has 0 radical (unpaired) electrons. The molecule has 3 aromatic carbocycles. The first-order valence-corrected chi connectivity index (χ1v) is 9.26. The molecule has 5 rings (SSSR count). The molecule has 4 nitrogen and oxygen atoms in total. The van der Waals surface area contributed by atoms with Crippen molar-refractivity contribution in [2.75, 3.05) is 7.11 Å². The van der Waals surface area contributed by atoms with Gasteiger partial charge in [-0.25, -0.2) is 4.79 Å². The van der Waals surface area contributed by atoms with Crippen molar-refractivity contribution in [3.63, 3.8) is 0 Å². The van der Waals surface area contributed by atoms with Crippen molar-refractivity contribution in [1.29, 1.82) is 0 Å². The van der Waals surface area contributed by atoms with Gasteiger partial charge in [0.05, 0.1) is 12.8 Å². The second-order valence-electron chi connectivity index (χ2n) is 7.14. The number of aromatic nitrogens is 1. The number of methoxy groups -OCH3 is 1. The van der Waals surface area contributed by atoms with Crippen LogP contribution in [0.1, 0.15) is 22.9 Å². The number of H-pyrrole nitrogens is 1. The summed E-state index contributed by atoms with van der Waals surface area (Å²) >= 11 is 0. The number of carbonyl (C=O) groups excluding carboxylic acids is 1. The van der Waals surface area contributed by atoms with E-state index in [0.29, 0.717) is 6.42 Å². The van der Waals surface area contributed by atoms with E-state index in [-0.39, 0.29) is 18.1 Å². The van der Waals surface area contributed by atoms with Crippen molar-refractivity contribution < 1.29 is 14.8 Å². The Morgan fingerprint density at radius 1 is 1.00 bits per heavy atom. The molecule has 3 N–H and O–H groups in total. The minimum absolute atomic E-state index is 0.0244. The van der Waals surface area contributed by atoms with Crippen molar-refractivity contribution in [2.45, 2.75) is 18.5 Å². The lowest BCUT2D eigenvalue weighted by Crippen LogP contribution is -2.94. The first kappa shape index (κ1) is 16.1. The average Bonchev–Trinajstić information content (AvgIpc) is 3.11. The number of para-hydroxylation sites is 1. The van der Waals surface area contributed by atoms with E-state index in [4.69, 9.17) is 4.74 Å². The monoisotopic (exact) mass is 357 g/mol. The third-order valence-electron chi connectivity index (χ3n) is 5.67. The van der Waals surface area contributed by atoms with E-state index in [1.165, 1.54) is 40.1 Å². The van der Waals surface area contributed by atoms with Crippen LogP contribution in [0.4, 0.5) is 0 Å². The van der Waals surface area contributed by atoms with Crippen molar-refractivity contribution in [1.82, 2.24) is 4.98 Å². The fourth-order valence-corrected chi connectivity index (χ4v) is 4.42. The molecular formula is C23H21N2O2+. The summed E-state index contributed by atoms with van der Waals surface area (Å²) in [6, 6.07) is 22.9. The van der Waals surface area contributed by atoms with E-state index in [1.54, 1.807) is 0 Å². The van der Waals surface area contributed by atoms with Crippen LogP contribution in [0.5, 0.6) is 0 Å². The van der Waals surface area contributed by atoms with Gasteiger partial charge in [0.2, 0.25) is 0 Å². The fourth-order valence-electron chi connectivity index (χ4n) is 4.42. The molecule has 27 heavy (non-hydrogen) atoms. The van der Waals surface area contributed by atoms with Crippen LogP contribution in [0.15, 0.2) is 66.7 Å². The number of nitrogens with two attached hydrogens (primary N) is 1. The molecular weight excluding hydrogens is 336 g/mol. The molecule has 0 aliphatic carbocycles. The first-order chi connectivity index (χ1) is 13.3. The number of fused-ring (bicyclic) bond motifs is 4. The number of hydrogen-bond acceptors (Lipinski definition) is 2. The van der Waals surface area contributed by atoms with Gasteiger partial charge in [0.1, 0.15) is 0 Å². The van der Waals surface area contributed by atoms with Crippen molar-refractivity contribution in [3.8, 4) is 0 Å². The van der Waals surface area contributed by atoms with Crippen LogP contribution in [-0.2, 0) is 16.0 Å². The largest absolute Gasteiger partial charge is 0.465 e. The molecule has 1 aliphatic heterocycles. The van der Waals surface area contributed by atoms with Crippen LogP contribution in [0, 0.1) is 0 Å². The van der Waals surface area contributed by atoms with Crippen LogP contribution in [-0.4, -0.2) is 24.1 Å². The summed E-state index contributed by atoms with van der Waals surface area (Å²) in [5.41, 5.74) is 4.75. The highest BCUT2D eigenvalue weighted by molar-refractivity contribution is 5.89. The van der Waals surface area contributed by atoms with Crippen LogP contribution in [0.3, 0.4) is 0 Å². The lowest BCUT2D eigenvalue weighted by atomic mass is 9.88. The van der Waals surface area contributed by atoms with Crippen LogP contribution >= 0.6 is 0 Å². The molecule has 4 aromatic rings. The molecule has 0 fully saturated rings. The third-order valence-corrected chi connectivity index (χ3v) is 5.67. The Kier molecular flexibility index (Phi) is 3.73. The molecule has 4 heteroatoms. The van der Waals surface area contributed by atoms with Gasteiger partial charge in [0, 0.05) is 22.9 Å². The summed E-state index contributed by atoms with van der Waals surface area (Å²) in [5, 5.41) is 5.77. The molecule has 0 unspecified atom stereocenters. The molecule has 0 saturated carbocycles. The second kappa shape index (κ2) is 6.25. The number of nitrogens with one attached hydrogen (secondary N) is 1. The summed E-state index contributed by atoms with van der Waals surface area (Å²) < 4.78 is 5.08. The zero-order valence-electron chi connectivity index (χ0n) is 15.1. The molecule has 0 saturated heterocycles. The van der Waals surface area contributed by atoms with Crippen LogP contribution in [0.2, 0.25) is 0 Å². The first-order valence-electron chi connectivity index (χ1n) is 9.26. The minimum atomic E-state index is -0.245. The number of ether oxygens (including phenoxy) is 1. The zero-order valence-corrected chi connectivity index (χ0v) is 15.1.